The topological polar surface area (TPSA) is 82.1 Å². The minimum atomic E-state index is -3.81. The highest BCUT2D eigenvalue weighted by Crippen LogP contribution is 2.43. The van der Waals surface area contributed by atoms with E-state index in [0.29, 0.717) is 34.9 Å². The number of hydrogen-bond acceptors (Lipinski definition) is 6. The first-order valence-electron chi connectivity index (χ1n) is 9.94. The average molecular weight is 466 g/mol. The maximum absolute atomic E-state index is 13.3. The molecule has 0 atom stereocenters. The molecule has 0 unspecified atom stereocenters. The first-order valence-corrected chi connectivity index (χ1v) is 11.8. The van der Waals surface area contributed by atoms with Crippen molar-refractivity contribution in [3.63, 3.8) is 0 Å². The Morgan fingerprint density at radius 2 is 1.81 bits per heavy atom. The SMILES string of the molecule is COc1ccc(OC)c(S(=O)(=O)N2CCC3(CC2)CC(=O)c2cc(Cl)cc(C)c2O3)c1. The fourth-order valence-electron chi connectivity index (χ4n) is 4.25. The van der Waals surface area contributed by atoms with Gasteiger partial charge in [0.25, 0.3) is 0 Å². The van der Waals surface area contributed by atoms with Crippen molar-refractivity contribution < 1.29 is 27.4 Å². The molecule has 2 aliphatic heterocycles. The normalized spacial score (nSPS) is 18.4. The molecule has 0 N–H and O–H groups in total. The van der Waals surface area contributed by atoms with E-state index in [9.17, 15) is 13.2 Å². The Bertz CT molecular complexity index is 1140. The number of hydrogen-bond donors (Lipinski definition) is 0. The summed E-state index contributed by atoms with van der Waals surface area (Å²) in [7, 11) is -0.901. The molecule has 4 rings (SSSR count). The summed E-state index contributed by atoms with van der Waals surface area (Å²) < 4.78 is 44.8. The lowest BCUT2D eigenvalue weighted by Gasteiger charge is -2.44. The van der Waals surface area contributed by atoms with Crippen LogP contribution >= 0.6 is 11.6 Å². The summed E-state index contributed by atoms with van der Waals surface area (Å²) in [6.07, 6.45) is 1.02. The molecule has 0 aliphatic carbocycles. The standard InChI is InChI=1S/C22H24ClNO6S/c1-14-10-15(23)11-17-18(25)13-22(30-21(14)17)6-8-24(9-7-22)31(26,27)20-12-16(28-2)4-5-19(20)29-3/h4-5,10-12H,6-9,13H2,1-3H3. The number of benzene rings is 2. The number of fused-ring (bicyclic) bond motifs is 1. The quantitative estimate of drug-likeness (QED) is 0.682. The number of sulfonamides is 1. The highest BCUT2D eigenvalue weighted by Gasteiger charge is 2.46. The molecule has 0 amide bonds. The predicted octanol–water partition coefficient (Wildman–Crippen LogP) is 3.85. The van der Waals surface area contributed by atoms with Crippen LogP contribution in [0.4, 0.5) is 0 Å². The highest BCUT2D eigenvalue weighted by molar-refractivity contribution is 7.89. The number of carbonyl (C=O) groups excluding carboxylic acids is 1. The summed E-state index contributed by atoms with van der Waals surface area (Å²) in [4.78, 5) is 12.9. The number of piperidine rings is 1. The van der Waals surface area contributed by atoms with Gasteiger partial charge in [-0.2, -0.15) is 4.31 Å². The van der Waals surface area contributed by atoms with Gasteiger partial charge < -0.3 is 14.2 Å². The van der Waals surface area contributed by atoms with Crippen LogP contribution in [0, 0.1) is 6.92 Å². The second kappa shape index (κ2) is 8.00. The number of ether oxygens (including phenoxy) is 3. The van der Waals surface area contributed by atoms with E-state index in [2.05, 4.69) is 0 Å². The Morgan fingerprint density at radius 3 is 2.45 bits per heavy atom. The van der Waals surface area contributed by atoms with Crippen LogP contribution in [-0.4, -0.2) is 51.4 Å². The molecule has 1 saturated heterocycles. The Labute approximate surface area is 186 Å². The second-order valence-corrected chi connectivity index (χ2v) is 10.2. The molecular formula is C22H24ClNO6S. The summed E-state index contributed by atoms with van der Waals surface area (Å²) >= 11 is 6.10. The largest absolute Gasteiger partial charge is 0.497 e. The van der Waals surface area contributed by atoms with Crippen LogP contribution in [0.2, 0.25) is 5.02 Å². The van der Waals surface area contributed by atoms with Crippen molar-refractivity contribution in [2.24, 2.45) is 0 Å². The highest BCUT2D eigenvalue weighted by atomic mass is 35.5. The van der Waals surface area contributed by atoms with Gasteiger partial charge in [-0.1, -0.05) is 11.6 Å². The van der Waals surface area contributed by atoms with Gasteiger partial charge in [-0.15, -0.1) is 0 Å². The smallest absolute Gasteiger partial charge is 0.246 e. The van der Waals surface area contributed by atoms with Gasteiger partial charge >= 0.3 is 0 Å². The van der Waals surface area contributed by atoms with Crippen molar-refractivity contribution in [3.05, 3.63) is 46.5 Å². The minimum absolute atomic E-state index is 0.0300. The lowest BCUT2D eigenvalue weighted by atomic mass is 9.82. The summed E-state index contributed by atoms with van der Waals surface area (Å²) in [6, 6.07) is 8.08. The molecule has 7 nitrogen and oxygen atoms in total. The van der Waals surface area contributed by atoms with Crippen LogP contribution in [0.5, 0.6) is 17.2 Å². The fourth-order valence-corrected chi connectivity index (χ4v) is 6.14. The van der Waals surface area contributed by atoms with Gasteiger partial charge in [-0.3, -0.25) is 4.79 Å². The second-order valence-electron chi connectivity index (χ2n) is 7.91. The first kappa shape index (κ1) is 21.9. The van der Waals surface area contributed by atoms with E-state index < -0.39 is 15.6 Å². The molecule has 1 fully saturated rings. The number of nitrogens with zero attached hydrogens (tertiary/aromatic N) is 1. The molecule has 0 saturated carbocycles. The monoisotopic (exact) mass is 465 g/mol. The lowest BCUT2D eigenvalue weighted by Crippen LogP contribution is -2.52. The molecule has 2 aromatic carbocycles. The number of carbonyl (C=O) groups is 1. The van der Waals surface area contributed by atoms with E-state index in [4.69, 9.17) is 25.8 Å². The molecule has 0 bridgehead atoms. The van der Waals surface area contributed by atoms with Crippen molar-refractivity contribution in [2.75, 3.05) is 27.3 Å². The van der Waals surface area contributed by atoms with E-state index in [1.165, 1.54) is 24.6 Å². The molecule has 9 heteroatoms. The predicted molar refractivity (Wildman–Crippen MR) is 116 cm³/mol. The lowest BCUT2D eigenvalue weighted by molar-refractivity contribution is 0.00535. The van der Waals surface area contributed by atoms with Gasteiger partial charge in [0.15, 0.2) is 5.78 Å². The van der Waals surface area contributed by atoms with Gasteiger partial charge in [0.05, 0.1) is 26.2 Å². The average Bonchev–Trinajstić information content (AvgIpc) is 2.74. The molecule has 0 radical (unpaired) electrons. The van der Waals surface area contributed by atoms with Crippen LogP contribution in [0.25, 0.3) is 0 Å². The number of methoxy groups -OCH3 is 2. The van der Waals surface area contributed by atoms with Crippen molar-refractivity contribution in [1.29, 1.82) is 0 Å². The molecule has 2 aliphatic rings. The zero-order valence-corrected chi connectivity index (χ0v) is 19.2. The van der Waals surface area contributed by atoms with E-state index in [1.54, 1.807) is 24.3 Å². The molecule has 2 heterocycles. The van der Waals surface area contributed by atoms with Crippen LogP contribution in [0.15, 0.2) is 35.2 Å². The van der Waals surface area contributed by atoms with Crippen LogP contribution in [0.3, 0.4) is 0 Å². The first-order chi connectivity index (χ1) is 14.7. The molecule has 2 aromatic rings. The van der Waals surface area contributed by atoms with Gasteiger partial charge in [0, 0.05) is 37.0 Å². The molecular weight excluding hydrogens is 442 g/mol. The Balaban J connectivity index is 1.58. The fraction of sp³-hybridized carbons (Fsp3) is 0.409. The minimum Gasteiger partial charge on any atom is -0.497 e. The number of rotatable bonds is 4. The van der Waals surface area contributed by atoms with Gasteiger partial charge in [0.1, 0.15) is 27.7 Å². The molecule has 166 valence electrons. The maximum atomic E-state index is 13.3. The van der Waals surface area contributed by atoms with Crippen molar-refractivity contribution in [2.45, 2.75) is 36.7 Å². The summed E-state index contributed by atoms with van der Waals surface area (Å²) in [5, 5.41) is 0.497. The maximum Gasteiger partial charge on any atom is 0.246 e. The molecule has 1 spiro atoms. The van der Waals surface area contributed by atoms with Crippen LogP contribution in [-0.2, 0) is 10.0 Å². The van der Waals surface area contributed by atoms with Gasteiger partial charge in [0.2, 0.25) is 10.0 Å². The van der Waals surface area contributed by atoms with Gasteiger partial charge in [-0.25, -0.2) is 8.42 Å². The number of ketones is 1. The van der Waals surface area contributed by atoms with E-state index in [1.807, 2.05) is 6.92 Å². The zero-order chi connectivity index (χ0) is 22.4. The Kier molecular flexibility index (Phi) is 5.66. The summed E-state index contributed by atoms with van der Waals surface area (Å²) in [5.41, 5.74) is 0.575. The molecule has 31 heavy (non-hydrogen) atoms. The van der Waals surface area contributed by atoms with Crippen LogP contribution < -0.4 is 14.2 Å². The van der Waals surface area contributed by atoms with Crippen LogP contribution in [0.1, 0.15) is 35.2 Å². The summed E-state index contributed by atoms with van der Waals surface area (Å²) in [5.74, 6) is 1.20. The Hall–Kier alpha value is -2.29. The number of Topliss-reactive ketones (excluding diaryl/α,β-unsaturated/α-hetero) is 1. The van der Waals surface area contributed by atoms with Crippen molar-refractivity contribution in [3.8, 4) is 17.2 Å². The Morgan fingerprint density at radius 1 is 1.10 bits per heavy atom. The van der Waals surface area contributed by atoms with E-state index in [-0.39, 0.29) is 35.9 Å². The van der Waals surface area contributed by atoms with Gasteiger partial charge in [-0.05, 0) is 36.8 Å². The van der Waals surface area contributed by atoms with Crippen molar-refractivity contribution >= 4 is 27.4 Å². The molecule has 0 aromatic heterocycles. The third kappa shape index (κ3) is 3.88. The van der Waals surface area contributed by atoms with Crippen molar-refractivity contribution in [1.82, 2.24) is 4.31 Å². The zero-order valence-electron chi connectivity index (χ0n) is 17.6. The van der Waals surface area contributed by atoms with E-state index >= 15 is 0 Å². The third-order valence-electron chi connectivity index (χ3n) is 5.96. The number of halogens is 1. The summed E-state index contributed by atoms with van der Waals surface area (Å²) in [6.45, 7) is 2.32. The third-order valence-corrected chi connectivity index (χ3v) is 8.10. The number of aryl methyl sites for hydroxylation is 1. The van der Waals surface area contributed by atoms with E-state index in [0.717, 1.165) is 5.56 Å².